The molecule has 2 amide bonds. The molecule has 4 rings (SSSR count). The average Bonchev–Trinajstić information content (AvgIpc) is 3.63. The molecule has 0 saturated heterocycles. The van der Waals surface area contributed by atoms with Gasteiger partial charge in [-0.1, -0.05) is 50.1 Å². The van der Waals surface area contributed by atoms with Crippen LogP contribution in [0.4, 0.5) is 5.69 Å². The summed E-state index contributed by atoms with van der Waals surface area (Å²) in [6, 6.07) is 14.6. The van der Waals surface area contributed by atoms with Crippen molar-refractivity contribution in [1.82, 2.24) is 30.8 Å². The van der Waals surface area contributed by atoms with Gasteiger partial charge in [0.25, 0.3) is 5.91 Å². The summed E-state index contributed by atoms with van der Waals surface area (Å²) in [4.78, 5) is 40.4. The number of hydrogen-bond acceptors (Lipinski definition) is 7. The van der Waals surface area contributed by atoms with E-state index in [9.17, 15) is 14.4 Å². The molecule has 0 aliphatic carbocycles. The maximum atomic E-state index is 13.3. The van der Waals surface area contributed by atoms with Crippen molar-refractivity contribution in [3.63, 3.8) is 0 Å². The van der Waals surface area contributed by atoms with Crippen molar-refractivity contribution in [1.29, 1.82) is 0 Å². The van der Waals surface area contributed by atoms with Crippen molar-refractivity contribution in [2.24, 2.45) is 0 Å². The minimum absolute atomic E-state index is 0.213. The van der Waals surface area contributed by atoms with Crippen LogP contribution in [0.15, 0.2) is 54.9 Å². The number of anilines is 1. The molecule has 3 aromatic rings. The molecular weight excluding hydrogens is 482 g/mol. The molecule has 2 heterocycles. The summed E-state index contributed by atoms with van der Waals surface area (Å²) >= 11 is 0. The number of nitrogens with one attached hydrogen (secondary N) is 2. The zero-order valence-corrected chi connectivity index (χ0v) is 21.8. The maximum absolute atomic E-state index is 13.3. The van der Waals surface area contributed by atoms with Gasteiger partial charge in [0.15, 0.2) is 0 Å². The third-order valence-corrected chi connectivity index (χ3v) is 6.87. The van der Waals surface area contributed by atoms with Crippen LogP contribution in [-0.2, 0) is 16.0 Å². The van der Waals surface area contributed by atoms with E-state index in [0.717, 1.165) is 32.2 Å². The molecule has 0 fully saturated rings. The Bertz CT molecular complexity index is 1230. The Morgan fingerprint density at radius 1 is 1.00 bits per heavy atom. The van der Waals surface area contributed by atoms with Gasteiger partial charge in [0.2, 0.25) is 5.91 Å². The highest BCUT2D eigenvalue weighted by Crippen LogP contribution is 2.26. The van der Waals surface area contributed by atoms with Crippen LogP contribution >= 0.6 is 0 Å². The molecule has 1 aliphatic heterocycles. The monoisotopic (exact) mass is 517 g/mol. The lowest BCUT2D eigenvalue weighted by Crippen LogP contribution is -2.48. The lowest BCUT2D eigenvalue weighted by molar-refractivity contribution is -0.123. The number of ketones is 1. The highest BCUT2D eigenvalue weighted by atomic mass is 16.2. The number of carbonyl (C=O) groups is 3. The number of Topliss-reactive ketones (excluding diaryl/α,β-unsaturated/α-hetero) is 1. The first-order chi connectivity index (χ1) is 18.6. The number of amides is 2. The Labute approximate surface area is 222 Å². The zero-order valence-electron chi connectivity index (χ0n) is 21.8. The number of carbonyl (C=O) groups excluding carboxylic acids is 3. The van der Waals surface area contributed by atoms with E-state index in [2.05, 4.69) is 43.2 Å². The van der Waals surface area contributed by atoms with E-state index in [-0.39, 0.29) is 17.6 Å². The highest BCUT2D eigenvalue weighted by Gasteiger charge is 2.24. The molecule has 1 aliphatic rings. The number of benzene rings is 2. The van der Waals surface area contributed by atoms with Gasteiger partial charge in [0.05, 0.1) is 11.3 Å². The van der Waals surface area contributed by atoms with Gasteiger partial charge in [-0.05, 0) is 53.5 Å². The van der Waals surface area contributed by atoms with Gasteiger partial charge < -0.3 is 15.5 Å². The molecular formula is C28H35N7O3. The minimum atomic E-state index is -0.697. The van der Waals surface area contributed by atoms with E-state index in [0.29, 0.717) is 43.6 Å². The first-order valence-corrected chi connectivity index (χ1v) is 13.3. The van der Waals surface area contributed by atoms with Crippen molar-refractivity contribution >= 4 is 23.3 Å². The van der Waals surface area contributed by atoms with Gasteiger partial charge in [-0.25, -0.2) is 0 Å². The van der Waals surface area contributed by atoms with Crippen LogP contribution in [-0.4, -0.2) is 63.5 Å². The summed E-state index contributed by atoms with van der Waals surface area (Å²) < 4.78 is 1.42. The summed E-state index contributed by atoms with van der Waals surface area (Å²) in [5.74, 6) is -0.337. The quantitative estimate of drug-likeness (QED) is 0.315. The normalized spacial score (nSPS) is 13.1. The number of aromatic nitrogens is 4. The van der Waals surface area contributed by atoms with Gasteiger partial charge in [-0.2, -0.15) is 4.68 Å². The Hall–Kier alpha value is -4.08. The second-order valence-electron chi connectivity index (χ2n) is 9.45. The molecule has 2 aromatic carbocycles. The van der Waals surface area contributed by atoms with E-state index in [1.165, 1.54) is 22.3 Å². The Morgan fingerprint density at radius 3 is 2.58 bits per heavy atom. The maximum Gasteiger partial charge on any atom is 0.254 e. The average molecular weight is 518 g/mol. The Balaban J connectivity index is 1.37. The lowest BCUT2D eigenvalue weighted by atomic mass is 10.0. The molecule has 0 saturated carbocycles. The fraction of sp³-hybridized carbons (Fsp3) is 0.429. The second kappa shape index (κ2) is 13.5. The molecule has 10 heteroatoms. The first-order valence-electron chi connectivity index (χ1n) is 13.3. The first kappa shape index (κ1) is 27.0. The number of rotatable bonds is 14. The Morgan fingerprint density at radius 2 is 1.79 bits per heavy atom. The topological polar surface area (TPSA) is 122 Å². The molecule has 1 aromatic heterocycles. The summed E-state index contributed by atoms with van der Waals surface area (Å²) in [7, 11) is 0. The zero-order chi connectivity index (χ0) is 26.7. The fourth-order valence-electron chi connectivity index (χ4n) is 4.74. The van der Waals surface area contributed by atoms with Gasteiger partial charge in [0, 0.05) is 38.2 Å². The summed E-state index contributed by atoms with van der Waals surface area (Å²) in [6.45, 7) is 3.97. The third kappa shape index (κ3) is 7.02. The smallest absolute Gasteiger partial charge is 0.254 e. The van der Waals surface area contributed by atoms with Crippen LogP contribution in [0.5, 0.6) is 0 Å². The van der Waals surface area contributed by atoms with Crippen LogP contribution in [0.3, 0.4) is 0 Å². The molecule has 200 valence electrons. The fourth-order valence-corrected chi connectivity index (χ4v) is 4.74. The summed E-state index contributed by atoms with van der Waals surface area (Å²) in [5.41, 5.74) is 3.44. The largest absolute Gasteiger partial charge is 0.369 e. The van der Waals surface area contributed by atoms with Crippen molar-refractivity contribution in [2.45, 2.75) is 57.9 Å². The predicted octanol–water partition coefficient (Wildman–Crippen LogP) is 2.87. The molecule has 38 heavy (non-hydrogen) atoms. The SMILES string of the molecule is CCC(=O)CCCCC[C@H](NC(=O)c1ccccc1-n1cnnn1)C(=O)NCCN1CCc2ccccc21. The molecule has 10 nitrogen and oxygen atoms in total. The van der Waals surface area contributed by atoms with Crippen molar-refractivity contribution in [3.8, 4) is 5.69 Å². The standard InChI is InChI=1S/C28H35N7O3/c1-2-22(36)11-4-3-5-13-24(28(38)29-17-19-34-18-16-21-10-6-8-14-25(21)34)31-27(37)23-12-7-9-15-26(23)35-20-30-32-33-35/h6-10,12,14-15,20,24H,2-5,11,13,16-19H2,1H3,(H,29,38)(H,31,37)/t24-/m0/s1. The van der Waals surface area contributed by atoms with Gasteiger partial charge in [-0.15, -0.1) is 5.10 Å². The number of hydrogen-bond donors (Lipinski definition) is 2. The second-order valence-corrected chi connectivity index (χ2v) is 9.45. The van der Waals surface area contributed by atoms with Gasteiger partial charge in [-0.3, -0.25) is 14.4 Å². The van der Waals surface area contributed by atoms with Gasteiger partial charge in [0.1, 0.15) is 18.2 Å². The van der Waals surface area contributed by atoms with Crippen LogP contribution in [0.25, 0.3) is 5.69 Å². The van der Waals surface area contributed by atoms with E-state index in [1.54, 1.807) is 24.3 Å². The number of tetrazole rings is 1. The van der Waals surface area contributed by atoms with Crippen LogP contribution in [0.1, 0.15) is 61.4 Å². The van der Waals surface area contributed by atoms with Crippen LogP contribution in [0, 0.1) is 0 Å². The van der Waals surface area contributed by atoms with Crippen LogP contribution in [0.2, 0.25) is 0 Å². The number of unbranched alkanes of at least 4 members (excludes halogenated alkanes) is 2. The number of para-hydroxylation sites is 2. The third-order valence-electron chi connectivity index (χ3n) is 6.87. The predicted molar refractivity (Wildman–Crippen MR) is 144 cm³/mol. The molecule has 1 atom stereocenters. The minimum Gasteiger partial charge on any atom is -0.369 e. The lowest BCUT2D eigenvalue weighted by Gasteiger charge is -2.22. The molecule has 0 radical (unpaired) electrons. The van der Waals surface area contributed by atoms with Crippen molar-refractivity contribution in [2.75, 3.05) is 24.5 Å². The van der Waals surface area contributed by atoms with Crippen molar-refractivity contribution < 1.29 is 14.4 Å². The Kier molecular flexibility index (Phi) is 9.55. The van der Waals surface area contributed by atoms with Gasteiger partial charge >= 0.3 is 0 Å². The van der Waals surface area contributed by atoms with E-state index in [1.807, 2.05) is 19.1 Å². The molecule has 0 unspecified atom stereocenters. The molecule has 0 bridgehead atoms. The van der Waals surface area contributed by atoms with Crippen LogP contribution < -0.4 is 15.5 Å². The highest BCUT2D eigenvalue weighted by molar-refractivity contribution is 6.00. The van der Waals surface area contributed by atoms with E-state index < -0.39 is 6.04 Å². The van der Waals surface area contributed by atoms with Crippen molar-refractivity contribution in [3.05, 3.63) is 66.0 Å². The number of nitrogens with zero attached hydrogens (tertiary/aromatic N) is 5. The summed E-state index contributed by atoms with van der Waals surface area (Å²) in [6.07, 6.45) is 6.33. The summed E-state index contributed by atoms with van der Waals surface area (Å²) in [5, 5.41) is 17.1. The van der Waals surface area contributed by atoms with E-state index >= 15 is 0 Å². The van der Waals surface area contributed by atoms with E-state index in [4.69, 9.17) is 0 Å². The molecule has 2 N–H and O–H groups in total. The number of fused-ring (bicyclic) bond motifs is 1. The molecule has 0 spiro atoms.